The molecule has 1 aliphatic heterocycles. The number of fused-ring (bicyclic) bond motifs is 1. The normalized spacial score (nSPS) is 14.5. The standard InChI is InChI=1S/C15H15NO2/c16-13(12-4-2-1-3-5-12)8-11-6-7-14-15(9-11)18-10-17-14/h1-7,9,13H,8,10,16H2/t13-/m0/s1. The third kappa shape index (κ3) is 2.17. The van der Waals surface area contributed by atoms with Crippen molar-refractivity contribution >= 4 is 0 Å². The highest BCUT2D eigenvalue weighted by molar-refractivity contribution is 5.44. The Hall–Kier alpha value is -2.00. The Labute approximate surface area is 106 Å². The van der Waals surface area contributed by atoms with Gasteiger partial charge in [-0.25, -0.2) is 0 Å². The zero-order valence-corrected chi connectivity index (χ0v) is 10.0. The first-order chi connectivity index (χ1) is 8.83. The average molecular weight is 241 g/mol. The number of hydrogen-bond donors (Lipinski definition) is 1. The molecule has 1 heterocycles. The summed E-state index contributed by atoms with van der Waals surface area (Å²) >= 11 is 0. The van der Waals surface area contributed by atoms with Gasteiger partial charge in [0.05, 0.1) is 0 Å². The van der Waals surface area contributed by atoms with Crippen LogP contribution in [0.2, 0.25) is 0 Å². The van der Waals surface area contributed by atoms with E-state index in [1.165, 1.54) is 0 Å². The Morgan fingerprint density at radius 3 is 2.61 bits per heavy atom. The molecule has 92 valence electrons. The largest absolute Gasteiger partial charge is 0.454 e. The number of nitrogens with two attached hydrogens (primary N) is 1. The Bertz CT molecular complexity index is 539. The van der Waals surface area contributed by atoms with Crippen LogP contribution < -0.4 is 15.2 Å². The molecule has 3 nitrogen and oxygen atoms in total. The van der Waals surface area contributed by atoms with Gasteiger partial charge in [0.15, 0.2) is 11.5 Å². The van der Waals surface area contributed by atoms with Gasteiger partial charge in [-0.15, -0.1) is 0 Å². The van der Waals surface area contributed by atoms with Crippen LogP contribution in [0.4, 0.5) is 0 Å². The van der Waals surface area contributed by atoms with E-state index in [1.54, 1.807) is 0 Å². The van der Waals surface area contributed by atoms with Crippen molar-refractivity contribution in [1.29, 1.82) is 0 Å². The van der Waals surface area contributed by atoms with Crippen LogP contribution in [-0.2, 0) is 6.42 Å². The second kappa shape index (κ2) is 4.70. The minimum Gasteiger partial charge on any atom is -0.454 e. The molecule has 0 spiro atoms. The van der Waals surface area contributed by atoms with Crippen molar-refractivity contribution in [3.8, 4) is 11.5 Å². The quantitative estimate of drug-likeness (QED) is 0.898. The summed E-state index contributed by atoms with van der Waals surface area (Å²) in [5.41, 5.74) is 8.51. The van der Waals surface area contributed by atoms with Crippen LogP contribution >= 0.6 is 0 Å². The Kier molecular flexibility index (Phi) is 2.90. The fourth-order valence-electron chi connectivity index (χ4n) is 2.14. The Morgan fingerprint density at radius 2 is 1.78 bits per heavy atom. The molecule has 0 aromatic heterocycles. The van der Waals surface area contributed by atoms with E-state index in [2.05, 4.69) is 12.1 Å². The molecule has 0 saturated heterocycles. The van der Waals surface area contributed by atoms with Crippen molar-refractivity contribution in [3.05, 3.63) is 59.7 Å². The van der Waals surface area contributed by atoms with Gasteiger partial charge in [0.2, 0.25) is 6.79 Å². The third-order valence-corrected chi connectivity index (χ3v) is 3.12. The minimum atomic E-state index is 0.00608. The summed E-state index contributed by atoms with van der Waals surface area (Å²) < 4.78 is 10.7. The van der Waals surface area contributed by atoms with Crippen LogP contribution in [-0.4, -0.2) is 6.79 Å². The lowest BCUT2D eigenvalue weighted by Crippen LogP contribution is -2.13. The van der Waals surface area contributed by atoms with E-state index in [1.807, 2.05) is 36.4 Å². The van der Waals surface area contributed by atoms with Crippen molar-refractivity contribution in [2.75, 3.05) is 6.79 Å². The second-order valence-electron chi connectivity index (χ2n) is 4.41. The van der Waals surface area contributed by atoms with E-state index >= 15 is 0 Å². The SMILES string of the molecule is N[C@@H](Cc1ccc2c(c1)OCO2)c1ccccc1. The average Bonchev–Trinajstić information content (AvgIpc) is 2.87. The molecule has 0 bridgehead atoms. The van der Waals surface area contributed by atoms with Gasteiger partial charge in [-0.1, -0.05) is 36.4 Å². The van der Waals surface area contributed by atoms with Gasteiger partial charge in [-0.2, -0.15) is 0 Å². The van der Waals surface area contributed by atoms with Crippen LogP contribution in [0, 0.1) is 0 Å². The molecule has 1 aliphatic rings. The lowest BCUT2D eigenvalue weighted by atomic mass is 9.99. The number of hydrogen-bond acceptors (Lipinski definition) is 3. The molecule has 0 fully saturated rings. The van der Waals surface area contributed by atoms with Crippen molar-refractivity contribution < 1.29 is 9.47 Å². The van der Waals surface area contributed by atoms with E-state index in [-0.39, 0.29) is 6.04 Å². The van der Waals surface area contributed by atoms with Crippen molar-refractivity contribution in [2.24, 2.45) is 5.73 Å². The molecular formula is C15H15NO2. The summed E-state index contributed by atoms with van der Waals surface area (Å²) in [4.78, 5) is 0. The number of ether oxygens (including phenoxy) is 2. The van der Waals surface area contributed by atoms with Gasteiger partial charge in [-0.3, -0.25) is 0 Å². The predicted molar refractivity (Wildman–Crippen MR) is 69.6 cm³/mol. The van der Waals surface area contributed by atoms with Gasteiger partial charge in [0.25, 0.3) is 0 Å². The summed E-state index contributed by atoms with van der Waals surface area (Å²) in [5, 5.41) is 0. The van der Waals surface area contributed by atoms with Crippen molar-refractivity contribution in [1.82, 2.24) is 0 Å². The number of rotatable bonds is 3. The molecular weight excluding hydrogens is 226 g/mol. The van der Waals surface area contributed by atoms with Gasteiger partial charge < -0.3 is 15.2 Å². The van der Waals surface area contributed by atoms with Crippen LogP contribution in [0.3, 0.4) is 0 Å². The maximum atomic E-state index is 6.20. The van der Waals surface area contributed by atoms with Gasteiger partial charge in [0, 0.05) is 6.04 Å². The zero-order valence-electron chi connectivity index (χ0n) is 10.0. The van der Waals surface area contributed by atoms with E-state index in [9.17, 15) is 0 Å². The molecule has 2 aromatic rings. The van der Waals surface area contributed by atoms with E-state index in [4.69, 9.17) is 15.2 Å². The summed E-state index contributed by atoms with van der Waals surface area (Å²) in [6.07, 6.45) is 0.792. The van der Waals surface area contributed by atoms with Crippen molar-refractivity contribution in [2.45, 2.75) is 12.5 Å². The Morgan fingerprint density at radius 1 is 1.00 bits per heavy atom. The smallest absolute Gasteiger partial charge is 0.231 e. The molecule has 0 amide bonds. The lowest BCUT2D eigenvalue weighted by Gasteiger charge is -2.12. The molecule has 0 saturated carbocycles. The van der Waals surface area contributed by atoms with Gasteiger partial charge >= 0.3 is 0 Å². The fraction of sp³-hybridized carbons (Fsp3) is 0.200. The molecule has 0 unspecified atom stereocenters. The molecule has 18 heavy (non-hydrogen) atoms. The molecule has 3 heteroatoms. The summed E-state index contributed by atoms with van der Waals surface area (Å²) in [5.74, 6) is 1.62. The molecule has 3 rings (SSSR count). The van der Waals surface area contributed by atoms with E-state index in [0.717, 1.165) is 29.0 Å². The Balaban J connectivity index is 1.77. The highest BCUT2D eigenvalue weighted by Crippen LogP contribution is 2.33. The van der Waals surface area contributed by atoms with E-state index < -0.39 is 0 Å². The third-order valence-electron chi connectivity index (χ3n) is 3.12. The molecule has 2 aromatic carbocycles. The monoisotopic (exact) mass is 241 g/mol. The fourth-order valence-corrected chi connectivity index (χ4v) is 2.14. The highest BCUT2D eigenvalue weighted by atomic mass is 16.7. The van der Waals surface area contributed by atoms with Crippen LogP contribution in [0.15, 0.2) is 48.5 Å². The van der Waals surface area contributed by atoms with Crippen LogP contribution in [0.25, 0.3) is 0 Å². The molecule has 1 atom stereocenters. The summed E-state index contributed by atoms with van der Waals surface area (Å²) in [7, 11) is 0. The van der Waals surface area contributed by atoms with Crippen molar-refractivity contribution in [3.63, 3.8) is 0 Å². The van der Waals surface area contributed by atoms with Gasteiger partial charge in [0.1, 0.15) is 0 Å². The molecule has 0 radical (unpaired) electrons. The minimum absolute atomic E-state index is 0.00608. The topological polar surface area (TPSA) is 44.5 Å². The maximum Gasteiger partial charge on any atom is 0.231 e. The van der Waals surface area contributed by atoms with Crippen LogP contribution in [0.5, 0.6) is 11.5 Å². The first-order valence-corrected chi connectivity index (χ1v) is 6.02. The predicted octanol–water partition coefficient (Wildman–Crippen LogP) is 2.66. The summed E-state index contributed by atoms with van der Waals surface area (Å²) in [6.45, 7) is 0.309. The summed E-state index contributed by atoms with van der Waals surface area (Å²) in [6, 6.07) is 16.1. The molecule has 2 N–H and O–H groups in total. The van der Waals surface area contributed by atoms with Gasteiger partial charge in [-0.05, 0) is 29.7 Å². The van der Waals surface area contributed by atoms with Crippen LogP contribution in [0.1, 0.15) is 17.2 Å². The zero-order chi connectivity index (χ0) is 12.4. The van der Waals surface area contributed by atoms with E-state index in [0.29, 0.717) is 6.79 Å². The first kappa shape index (κ1) is 11.1. The first-order valence-electron chi connectivity index (χ1n) is 6.02. The second-order valence-corrected chi connectivity index (χ2v) is 4.41. The number of benzene rings is 2. The lowest BCUT2D eigenvalue weighted by molar-refractivity contribution is 0.174. The maximum absolute atomic E-state index is 6.20. The highest BCUT2D eigenvalue weighted by Gasteiger charge is 2.14. The molecule has 0 aliphatic carbocycles.